The van der Waals surface area contributed by atoms with Crippen LogP contribution in [0.2, 0.25) is 0 Å². The number of benzene rings is 1. The summed E-state index contributed by atoms with van der Waals surface area (Å²) in [4.78, 5) is 0.0937. The zero-order valence-electron chi connectivity index (χ0n) is 10.5. The van der Waals surface area contributed by atoms with Crippen LogP contribution in [0.15, 0.2) is 27.6 Å². The van der Waals surface area contributed by atoms with E-state index in [9.17, 15) is 12.8 Å². The average Bonchev–Trinajstić information content (AvgIpc) is 2.27. The normalized spacial score (nSPS) is 25.5. The quantitative estimate of drug-likeness (QED) is 0.888. The van der Waals surface area contributed by atoms with Gasteiger partial charge >= 0.3 is 0 Å². The lowest BCUT2D eigenvalue weighted by Gasteiger charge is -2.35. The van der Waals surface area contributed by atoms with Crippen LogP contribution >= 0.6 is 15.9 Å². The van der Waals surface area contributed by atoms with Crippen molar-refractivity contribution in [3.63, 3.8) is 0 Å². The van der Waals surface area contributed by atoms with E-state index in [1.54, 1.807) is 0 Å². The van der Waals surface area contributed by atoms with Crippen molar-refractivity contribution in [2.45, 2.75) is 36.7 Å². The van der Waals surface area contributed by atoms with Gasteiger partial charge in [-0.1, -0.05) is 0 Å². The van der Waals surface area contributed by atoms with Gasteiger partial charge in [0.25, 0.3) is 0 Å². The second kappa shape index (κ2) is 5.47. The molecule has 0 saturated carbocycles. The molecule has 0 bridgehead atoms. The minimum atomic E-state index is -3.62. The minimum Gasteiger partial charge on any atom is -0.328 e. The van der Waals surface area contributed by atoms with E-state index in [1.165, 1.54) is 10.4 Å². The molecule has 2 atom stereocenters. The van der Waals surface area contributed by atoms with Crippen LogP contribution in [0.25, 0.3) is 0 Å². The number of rotatable bonds is 2. The van der Waals surface area contributed by atoms with E-state index in [-0.39, 0.29) is 21.5 Å². The molecule has 7 heteroatoms. The van der Waals surface area contributed by atoms with Gasteiger partial charge in [-0.2, -0.15) is 4.31 Å². The van der Waals surface area contributed by atoms with Gasteiger partial charge in [0.2, 0.25) is 10.0 Å². The smallest absolute Gasteiger partial charge is 0.244 e. The molecular weight excluding hydrogens is 335 g/mol. The average molecular weight is 351 g/mol. The van der Waals surface area contributed by atoms with Gasteiger partial charge in [0.1, 0.15) is 5.82 Å². The van der Waals surface area contributed by atoms with Crippen molar-refractivity contribution in [2.24, 2.45) is 5.73 Å². The predicted molar refractivity (Wildman–Crippen MR) is 74.7 cm³/mol. The van der Waals surface area contributed by atoms with E-state index in [1.807, 2.05) is 6.92 Å². The molecule has 1 aromatic rings. The van der Waals surface area contributed by atoms with Gasteiger partial charge in [0, 0.05) is 23.1 Å². The highest BCUT2D eigenvalue weighted by atomic mass is 79.9. The number of hydrogen-bond donors (Lipinski definition) is 1. The summed E-state index contributed by atoms with van der Waals surface area (Å²) >= 11 is 3.11. The Morgan fingerprint density at radius 2 is 2.16 bits per heavy atom. The standard InChI is InChI=1S/C12H16BrFN2O2S/c1-8-6-10(15)4-5-16(8)19(17,18)12-3-2-9(14)7-11(12)13/h2-3,7-8,10H,4-6,15H2,1H3. The maximum atomic E-state index is 13.1. The fraction of sp³-hybridized carbons (Fsp3) is 0.500. The molecule has 106 valence electrons. The first-order valence-electron chi connectivity index (χ1n) is 6.05. The first kappa shape index (κ1) is 14.9. The third-order valence-electron chi connectivity index (χ3n) is 3.34. The first-order valence-corrected chi connectivity index (χ1v) is 8.28. The molecule has 1 saturated heterocycles. The lowest BCUT2D eigenvalue weighted by Crippen LogP contribution is -2.48. The second-order valence-electron chi connectivity index (χ2n) is 4.82. The van der Waals surface area contributed by atoms with Gasteiger partial charge in [-0.05, 0) is 53.9 Å². The molecule has 1 fully saturated rings. The molecule has 1 aromatic carbocycles. The summed E-state index contributed by atoms with van der Waals surface area (Å²) in [6, 6.07) is 3.49. The Labute approximate surface area is 121 Å². The molecule has 0 aliphatic carbocycles. The lowest BCUT2D eigenvalue weighted by molar-refractivity contribution is 0.247. The van der Waals surface area contributed by atoms with Crippen molar-refractivity contribution in [2.75, 3.05) is 6.54 Å². The minimum absolute atomic E-state index is 0.0399. The summed E-state index contributed by atoms with van der Waals surface area (Å²) < 4.78 is 39.9. The predicted octanol–water partition coefficient (Wildman–Crippen LogP) is 2.09. The second-order valence-corrected chi connectivity index (χ2v) is 7.54. The van der Waals surface area contributed by atoms with Crippen molar-refractivity contribution in [3.8, 4) is 0 Å². The van der Waals surface area contributed by atoms with Gasteiger partial charge in [0.05, 0.1) is 4.90 Å². The fourth-order valence-electron chi connectivity index (χ4n) is 2.35. The molecule has 2 rings (SSSR count). The van der Waals surface area contributed by atoms with Crippen LogP contribution in [0, 0.1) is 5.82 Å². The van der Waals surface area contributed by atoms with E-state index in [4.69, 9.17) is 5.73 Å². The highest BCUT2D eigenvalue weighted by Crippen LogP contribution is 2.29. The highest BCUT2D eigenvalue weighted by Gasteiger charge is 2.34. The zero-order valence-corrected chi connectivity index (χ0v) is 12.9. The van der Waals surface area contributed by atoms with Crippen LogP contribution in [0.5, 0.6) is 0 Å². The summed E-state index contributed by atoms with van der Waals surface area (Å²) in [5.74, 6) is -0.473. The van der Waals surface area contributed by atoms with Crippen LogP contribution in [-0.2, 0) is 10.0 Å². The first-order chi connectivity index (χ1) is 8.82. The third kappa shape index (κ3) is 2.99. The number of sulfonamides is 1. The van der Waals surface area contributed by atoms with Gasteiger partial charge in [0.15, 0.2) is 0 Å². The van der Waals surface area contributed by atoms with Crippen molar-refractivity contribution in [1.29, 1.82) is 0 Å². The van der Waals surface area contributed by atoms with Crippen LogP contribution < -0.4 is 5.73 Å². The maximum Gasteiger partial charge on any atom is 0.244 e. The van der Waals surface area contributed by atoms with Crippen LogP contribution in [0.1, 0.15) is 19.8 Å². The monoisotopic (exact) mass is 350 g/mol. The van der Waals surface area contributed by atoms with E-state index < -0.39 is 15.8 Å². The molecule has 1 aliphatic rings. The molecule has 2 unspecified atom stereocenters. The molecule has 19 heavy (non-hydrogen) atoms. The molecule has 0 radical (unpaired) electrons. The SMILES string of the molecule is CC1CC(N)CCN1S(=O)(=O)c1ccc(F)cc1Br. The van der Waals surface area contributed by atoms with Crippen LogP contribution in [-0.4, -0.2) is 31.4 Å². The molecule has 0 amide bonds. The Bertz CT molecular complexity index is 579. The number of halogens is 2. The fourth-order valence-corrected chi connectivity index (χ4v) is 5.02. The summed E-state index contributed by atoms with van der Waals surface area (Å²) in [5, 5.41) is 0. The van der Waals surface area contributed by atoms with Crippen LogP contribution in [0.4, 0.5) is 4.39 Å². The van der Waals surface area contributed by atoms with E-state index in [0.29, 0.717) is 19.4 Å². The maximum absolute atomic E-state index is 13.1. The largest absolute Gasteiger partial charge is 0.328 e. The molecule has 0 aromatic heterocycles. The van der Waals surface area contributed by atoms with Gasteiger partial charge in [-0.15, -0.1) is 0 Å². The summed E-state index contributed by atoms with van der Waals surface area (Å²) in [7, 11) is -3.62. The molecule has 4 nitrogen and oxygen atoms in total. The lowest BCUT2D eigenvalue weighted by atomic mass is 10.0. The van der Waals surface area contributed by atoms with Gasteiger partial charge < -0.3 is 5.73 Å². The molecule has 2 N–H and O–H groups in total. The van der Waals surface area contributed by atoms with Crippen LogP contribution in [0.3, 0.4) is 0 Å². The zero-order chi connectivity index (χ0) is 14.2. The Balaban J connectivity index is 2.37. The summed E-state index contributed by atoms with van der Waals surface area (Å²) in [6.07, 6.45) is 1.28. The van der Waals surface area contributed by atoms with Crippen molar-refractivity contribution in [1.82, 2.24) is 4.31 Å². The van der Waals surface area contributed by atoms with E-state index in [0.717, 1.165) is 12.1 Å². The molecular formula is C12H16BrFN2O2S. The number of hydrogen-bond acceptors (Lipinski definition) is 3. The Hall–Kier alpha value is -0.500. The highest BCUT2D eigenvalue weighted by molar-refractivity contribution is 9.10. The number of piperidine rings is 1. The molecule has 1 heterocycles. The summed E-state index contributed by atoms with van der Waals surface area (Å²) in [5.41, 5.74) is 5.84. The number of nitrogens with zero attached hydrogens (tertiary/aromatic N) is 1. The Morgan fingerprint density at radius 3 is 2.74 bits per heavy atom. The molecule has 1 aliphatic heterocycles. The van der Waals surface area contributed by atoms with Gasteiger partial charge in [-0.25, -0.2) is 12.8 Å². The van der Waals surface area contributed by atoms with Crippen molar-refractivity contribution >= 4 is 26.0 Å². The van der Waals surface area contributed by atoms with Crippen molar-refractivity contribution in [3.05, 3.63) is 28.5 Å². The topological polar surface area (TPSA) is 63.4 Å². The molecule has 0 spiro atoms. The Kier molecular flexibility index (Phi) is 4.29. The summed E-state index contributed by atoms with van der Waals surface area (Å²) in [6.45, 7) is 2.24. The van der Waals surface area contributed by atoms with E-state index >= 15 is 0 Å². The number of nitrogens with two attached hydrogens (primary N) is 1. The van der Waals surface area contributed by atoms with Crippen molar-refractivity contribution < 1.29 is 12.8 Å². The Morgan fingerprint density at radius 1 is 1.47 bits per heavy atom. The third-order valence-corrected chi connectivity index (χ3v) is 6.33. The van der Waals surface area contributed by atoms with E-state index in [2.05, 4.69) is 15.9 Å². The van der Waals surface area contributed by atoms with Gasteiger partial charge in [-0.3, -0.25) is 0 Å².